The Bertz CT molecular complexity index is 830. The van der Waals surface area contributed by atoms with Gasteiger partial charge in [-0.1, -0.05) is 0 Å². The first-order chi connectivity index (χ1) is 9.92. The quantitative estimate of drug-likeness (QED) is 0.639. The Morgan fingerprint density at radius 2 is 2.05 bits per heavy atom. The molecule has 0 bridgehead atoms. The summed E-state index contributed by atoms with van der Waals surface area (Å²) in [7, 11) is -3.63. The van der Waals surface area contributed by atoms with Crippen molar-refractivity contribution in [3.63, 3.8) is 0 Å². The second kappa shape index (κ2) is 4.78. The minimum absolute atomic E-state index is 0.0864. The number of fused-ring (bicyclic) bond motifs is 1. The number of benzene rings is 1. The fraction of sp³-hybridized carbons (Fsp3) is 0.0714. The van der Waals surface area contributed by atoms with Crippen LogP contribution in [0.4, 0.5) is 0 Å². The summed E-state index contributed by atoms with van der Waals surface area (Å²) in [5.74, 6) is 0.629. The zero-order chi connectivity index (χ0) is 15.0. The number of hydrogen-bond acceptors (Lipinski definition) is 6. The van der Waals surface area contributed by atoms with E-state index in [9.17, 15) is 13.2 Å². The third-order valence-electron chi connectivity index (χ3n) is 2.71. The van der Waals surface area contributed by atoms with Crippen LogP contribution in [0.1, 0.15) is 16.1 Å². The smallest absolute Gasteiger partial charge is 0.306 e. The van der Waals surface area contributed by atoms with Crippen LogP contribution in [0.2, 0.25) is 0 Å². The first-order valence-electron chi connectivity index (χ1n) is 5.94. The molecule has 2 aromatic rings. The molecule has 0 amide bonds. The molecular formula is C14H10O6S. The molecule has 6 nitrogen and oxygen atoms in total. The van der Waals surface area contributed by atoms with Gasteiger partial charge in [-0.3, -0.25) is 4.79 Å². The average Bonchev–Trinajstić information content (AvgIpc) is 2.98. The molecule has 2 heterocycles. The van der Waals surface area contributed by atoms with E-state index in [0.29, 0.717) is 11.3 Å². The highest BCUT2D eigenvalue weighted by Crippen LogP contribution is 2.35. The van der Waals surface area contributed by atoms with Gasteiger partial charge in [0.1, 0.15) is 17.3 Å². The number of allylic oxidation sites excluding steroid dienone is 1. The topological polar surface area (TPSA) is 82.8 Å². The van der Waals surface area contributed by atoms with Crippen molar-refractivity contribution in [2.75, 3.05) is 6.26 Å². The lowest BCUT2D eigenvalue weighted by molar-refractivity contribution is 0.101. The van der Waals surface area contributed by atoms with E-state index in [4.69, 9.17) is 13.3 Å². The lowest BCUT2D eigenvalue weighted by Gasteiger charge is -2.03. The summed E-state index contributed by atoms with van der Waals surface area (Å²) in [5, 5.41) is 0. The predicted octanol–water partition coefficient (Wildman–Crippen LogP) is 2.23. The van der Waals surface area contributed by atoms with Crippen LogP contribution in [0.25, 0.3) is 6.08 Å². The van der Waals surface area contributed by atoms with Gasteiger partial charge in [0.15, 0.2) is 5.76 Å². The summed E-state index contributed by atoms with van der Waals surface area (Å²) in [6.07, 6.45) is 3.89. The van der Waals surface area contributed by atoms with Crippen molar-refractivity contribution in [1.29, 1.82) is 0 Å². The molecule has 0 spiro atoms. The number of rotatable bonds is 3. The Labute approximate surface area is 120 Å². The Hall–Kier alpha value is -2.54. The van der Waals surface area contributed by atoms with Crippen LogP contribution < -0.4 is 8.92 Å². The van der Waals surface area contributed by atoms with E-state index in [1.54, 1.807) is 12.1 Å². The van der Waals surface area contributed by atoms with Gasteiger partial charge in [0.2, 0.25) is 5.78 Å². The monoisotopic (exact) mass is 306 g/mol. The fourth-order valence-corrected chi connectivity index (χ4v) is 2.35. The molecule has 1 aliphatic rings. The Balaban J connectivity index is 1.93. The van der Waals surface area contributed by atoms with Gasteiger partial charge in [0.05, 0.1) is 18.1 Å². The van der Waals surface area contributed by atoms with E-state index in [0.717, 1.165) is 6.26 Å². The van der Waals surface area contributed by atoms with Crippen molar-refractivity contribution < 1.29 is 26.5 Å². The highest BCUT2D eigenvalue weighted by Gasteiger charge is 2.28. The molecule has 7 heteroatoms. The maximum absolute atomic E-state index is 12.1. The second-order valence-electron chi connectivity index (χ2n) is 4.40. The average molecular weight is 306 g/mol. The predicted molar refractivity (Wildman–Crippen MR) is 73.6 cm³/mol. The molecule has 0 saturated heterocycles. The van der Waals surface area contributed by atoms with Gasteiger partial charge >= 0.3 is 10.1 Å². The molecule has 0 saturated carbocycles. The normalized spacial score (nSPS) is 15.9. The number of furan rings is 1. The molecule has 0 fully saturated rings. The summed E-state index contributed by atoms with van der Waals surface area (Å²) < 4.78 is 37.5. The van der Waals surface area contributed by atoms with Crippen LogP contribution >= 0.6 is 0 Å². The minimum atomic E-state index is -3.63. The molecule has 108 valence electrons. The van der Waals surface area contributed by atoms with Crippen LogP contribution in [0.15, 0.2) is 46.8 Å². The molecule has 0 aliphatic carbocycles. The minimum Gasteiger partial charge on any atom is -0.465 e. The SMILES string of the molecule is CS(=O)(=O)Oc1ccc2c(c1)OC(=Cc1ccco1)C2=O. The summed E-state index contributed by atoms with van der Waals surface area (Å²) in [5.41, 5.74) is 0.341. The van der Waals surface area contributed by atoms with Crippen LogP contribution in [0.3, 0.4) is 0 Å². The Kier molecular flexibility index (Phi) is 3.06. The second-order valence-corrected chi connectivity index (χ2v) is 5.98. The molecule has 3 rings (SSSR count). The van der Waals surface area contributed by atoms with Crippen LogP contribution in [-0.4, -0.2) is 20.5 Å². The van der Waals surface area contributed by atoms with Gasteiger partial charge < -0.3 is 13.3 Å². The van der Waals surface area contributed by atoms with E-state index in [-0.39, 0.29) is 23.0 Å². The number of ether oxygens (including phenoxy) is 1. The van der Waals surface area contributed by atoms with Gasteiger partial charge in [0.25, 0.3) is 0 Å². The number of ketones is 1. The fourth-order valence-electron chi connectivity index (χ4n) is 1.90. The highest BCUT2D eigenvalue weighted by atomic mass is 32.2. The number of hydrogen-bond donors (Lipinski definition) is 0. The van der Waals surface area contributed by atoms with Gasteiger partial charge in [-0.25, -0.2) is 0 Å². The summed E-state index contributed by atoms with van der Waals surface area (Å²) in [6.45, 7) is 0. The molecule has 21 heavy (non-hydrogen) atoms. The van der Waals surface area contributed by atoms with Crippen molar-refractivity contribution in [2.45, 2.75) is 0 Å². The highest BCUT2D eigenvalue weighted by molar-refractivity contribution is 7.86. The van der Waals surface area contributed by atoms with E-state index in [1.807, 2.05) is 0 Å². The summed E-state index contributed by atoms with van der Waals surface area (Å²) in [4.78, 5) is 12.1. The summed E-state index contributed by atoms with van der Waals surface area (Å²) >= 11 is 0. The van der Waals surface area contributed by atoms with Crippen molar-refractivity contribution >= 4 is 22.0 Å². The molecule has 0 N–H and O–H groups in total. The molecule has 1 aromatic heterocycles. The Morgan fingerprint density at radius 3 is 2.71 bits per heavy atom. The summed E-state index contributed by atoms with van der Waals surface area (Å²) in [6, 6.07) is 7.59. The lowest BCUT2D eigenvalue weighted by Crippen LogP contribution is -2.05. The van der Waals surface area contributed by atoms with E-state index >= 15 is 0 Å². The maximum atomic E-state index is 12.1. The third-order valence-corrected chi connectivity index (χ3v) is 3.20. The van der Waals surface area contributed by atoms with Crippen LogP contribution in [-0.2, 0) is 10.1 Å². The van der Waals surface area contributed by atoms with E-state index < -0.39 is 10.1 Å². The molecule has 0 radical (unpaired) electrons. The van der Waals surface area contributed by atoms with Gasteiger partial charge in [0, 0.05) is 12.1 Å². The zero-order valence-electron chi connectivity index (χ0n) is 10.9. The standard InChI is InChI=1S/C14H10O6S/c1-21(16,17)20-10-4-5-11-12(8-10)19-13(14(11)15)7-9-3-2-6-18-9/h2-8H,1H3. The number of Topliss-reactive ketones (excluding diaryl/α,β-unsaturated/α-hetero) is 1. The first-order valence-corrected chi connectivity index (χ1v) is 7.75. The number of carbonyl (C=O) groups is 1. The first kappa shape index (κ1) is 13.4. The molecule has 0 atom stereocenters. The van der Waals surface area contributed by atoms with Gasteiger partial charge in [-0.15, -0.1) is 0 Å². The van der Waals surface area contributed by atoms with Crippen molar-refractivity contribution in [3.8, 4) is 11.5 Å². The van der Waals surface area contributed by atoms with Gasteiger partial charge in [-0.2, -0.15) is 8.42 Å². The maximum Gasteiger partial charge on any atom is 0.306 e. The lowest BCUT2D eigenvalue weighted by atomic mass is 10.1. The molecular weight excluding hydrogens is 296 g/mol. The Morgan fingerprint density at radius 1 is 1.24 bits per heavy atom. The molecule has 1 aromatic carbocycles. The van der Waals surface area contributed by atoms with Crippen molar-refractivity contribution in [1.82, 2.24) is 0 Å². The van der Waals surface area contributed by atoms with Gasteiger partial charge in [-0.05, 0) is 24.3 Å². The largest absolute Gasteiger partial charge is 0.465 e. The van der Waals surface area contributed by atoms with Crippen molar-refractivity contribution in [2.24, 2.45) is 0 Å². The van der Waals surface area contributed by atoms with Crippen molar-refractivity contribution in [3.05, 3.63) is 53.7 Å². The van der Waals surface area contributed by atoms with Crippen LogP contribution in [0.5, 0.6) is 11.5 Å². The van der Waals surface area contributed by atoms with Crippen LogP contribution in [0, 0.1) is 0 Å². The third kappa shape index (κ3) is 2.82. The number of carbonyl (C=O) groups excluding carboxylic acids is 1. The molecule has 0 unspecified atom stereocenters. The molecule has 1 aliphatic heterocycles. The zero-order valence-corrected chi connectivity index (χ0v) is 11.7. The van der Waals surface area contributed by atoms with E-state index in [2.05, 4.69) is 0 Å². The van der Waals surface area contributed by atoms with E-state index in [1.165, 1.54) is 30.5 Å².